The molecule has 1 fully saturated rings. The van der Waals surface area contributed by atoms with Crippen LogP contribution in [0.3, 0.4) is 0 Å². The van der Waals surface area contributed by atoms with Crippen molar-refractivity contribution in [2.24, 2.45) is 5.92 Å². The van der Waals surface area contributed by atoms with Gasteiger partial charge in [0.15, 0.2) is 6.61 Å². The van der Waals surface area contributed by atoms with Gasteiger partial charge in [-0.3, -0.25) is 9.59 Å². The molecule has 0 aromatic heterocycles. The molecule has 19 heavy (non-hydrogen) atoms. The van der Waals surface area contributed by atoms with Crippen molar-refractivity contribution >= 4 is 12.2 Å². The van der Waals surface area contributed by atoms with Gasteiger partial charge in [0.1, 0.15) is 12.0 Å². The molecule has 1 heterocycles. The Kier molecular flexibility index (Phi) is 4.55. The maximum absolute atomic E-state index is 11.9. The number of benzene rings is 1. The van der Waals surface area contributed by atoms with Crippen LogP contribution in [0.2, 0.25) is 0 Å². The maximum atomic E-state index is 11.9. The Morgan fingerprint density at radius 3 is 2.53 bits per heavy atom. The molecule has 0 unspecified atom stereocenters. The van der Waals surface area contributed by atoms with Crippen molar-refractivity contribution in [2.45, 2.75) is 19.8 Å². The average molecular weight is 261 g/mol. The molecule has 0 aliphatic carbocycles. The summed E-state index contributed by atoms with van der Waals surface area (Å²) in [6, 6.07) is 6.76. The van der Waals surface area contributed by atoms with Crippen LogP contribution in [0.5, 0.6) is 5.75 Å². The minimum atomic E-state index is 0.0337. The van der Waals surface area contributed by atoms with Crippen LogP contribution in [-0.2, 0) is 4.79 Å². The van der Waals surface area contributed by atoms with Crippen LogP contribution < -0.4 is 4.74 Å². The standard InChI is InChI=1S/C15H19NO3/c1-12-6-8-16(9-7-12)15(18)11-19-14-4-2-13(10-17)3-5-14/h2-5,10,12H,6-9,11H2,1H3. The second-order valence-corrected chi connectivity index (χ2v) is 5.04. The summed E-state index contributed by atoms with van der Waals surface area (Å²) in [5.74, 6) is 1.36. The lowest BCUT2D eigenvalue weighted by Gasteiger charge is -2.30. The van der Waals surface area contributed by atoms with Gasteiger partial charge in [0.25, 0.3) is 5.91 Å². The Bertz CT molecular complexity index is 433. The van der Waals surface area contributed by atoms with Crippen LogP contribution in [-0.4, -0.2) is 36.8 Å². The summed E-state index contributed by atoms with van der Waals surface area (Å²) in [7, 11) is 0. The molecule has 4 heteroatoms. The third kappa shape index (κ3) is 3.81. The van der Waals surface area contributed by atoms with Crippen molar-refractivity contribution in [3.8, 4) is 5.75 Å². The van der Waals surface area contributed by atoms with Crippen LogP contribution >= 0.6 is 0 Å². The molecular formula is C15H19NO3. The summed E-state index contributed by atoms with van der Waals surface area (Å²) in [6.07, 6.45) is 2.92. The van der Waals surface area contributed by atoms with Gasteiger partial charge in [-0.25, -0.2) is 0 Å². The predicted molar refractivity (Wildman–Crippen MR) is 72.3 cm³/mol. The molecule has 1 aliphatic rings. The highest BCUT2D eigenvalue weighted by atomic mass is 16.5. The highest BCUT2D eigenvalue weighted by molar-refractivity contribution is 5.78. The molecule has 0 saturated carbocycles. The Morgan fingerprint density at radius 1 is 1.32 bits per heavy atom. The van der Waals surface area contributed by atoms with E-state index in [9.17, 15) is 9.59 Å². The number of likely N-dealkylation sites (tertiary alicyclic amines) is 1. The number of carbonyl (C=O) groups is 2. The van der Waals surface area contributed by atoms with Crippen molar-refractivity contribution in [3.63, 3.8) is 0 Å². The molecular weight excluding hydrogens is 242 g/mol. The van der Waals surface area contributed by atoms with E-state index in [1.807, 2.05) is 4.90 Å². The molecule has 102 valence electrons. The molecule has 1 saturated heterocycles. The van der Waals surface area contributed by atoms with Crippen LogP contribution in [0.15, 0.2) is 24.3 Å². The van der Waals surface area contributed by atoms with Gasteiger partial charge in [0.2, 0.25) is 0 Å². The van der Waals surface area contributed by atoms with E-state index >= 15 is 0 Å². The largest absolute Gasteiger partial charge is 0.484 e. The molecule has 0 spiro atoms. The Balaban J connectivity index is 1.80. The zero-order valence-electron chi connectivity index (χ0n) is 11.2. The molecule has 2 rings (SSSR count). The first-order valence-electron chi connectivity index (χ1n) is 6.65. The monoisotopic (exact) mass is 261 g/mol. The minimum Gasteiger partial charge on any atom is -0.484 e. The number of amides is 1. The van der Waals surface area contributed by atoms with E-state index in [0.29, 0.717) is 17.2 Å². The van der Waals surface area contributed by atoms with E-state index < -0.39 is 0 Å². The Labute approximate surface area is 113 Å². The van der Waals surface area contributed by atoms with Gasteiger partial charge >= 0.3 is 0 Å². The lowest BCUT2D eigenvalue weighted by Crippen LogP contribution is -2.40. The van der Waals surface area contributed by atoms with Crippen molar-refractivity contribution in [2.75, 3.05) is 19.7 Å². The summed E-state index contributed by atoms with van der Waals surface area (Å²) < 4.78 is 5.44. The molecule has 0 radical (unpaired) electrons. The molecule has 0 atom stereocenters. The van der Waals surface area contributed by atoms with Crippen LogP contribution in [0.1, 0.15) is 30.1 Å². The van der Waals surface area contributed by atoms with Gasteiger partial charge in [0, 0.05) is 18.7 Å². The average Bonchev–Trinajstić information content (AvgIpc) is 2.46. The van der Waals surface area contributed by atoms with Crippen LogP contribution in [0.4, 0.5) is 0 Å². The van der Waals surface area contributed by atoms with E-state index in [1.165, 1.54) is 0 Å². The number of ether oxygens (including phenoxy) is 1. The van der Waals surface area contributed by atoms with Gasteiger partial charge < -0.3 is 9.64 Å². The molecule has 0 N–H and O–H groups in total. The molecule has 1 aliphatic heterocycles. The van der Waals surface area contributed by atoms with Gasteiger partial charge in [-0.1, -0.05) is 6.92 Å². The fraction of sp³-hybridized carbons (Fsp3) is 0.467. The van der Waals surface area contributed by atoms with Gasteiger partial charge in [-0.05, 0) is 43.0 Å². The third-order valence-electron chi connectivity index (χ3n) is 3.51. The second kappa shape index (κ2) is 6.36. The van der Waals surface area contributed by atoms with Crippen molar-refractivity contribution in [3.05, 3.63) is 29.8 Å². The quantitative estimate of drug-likeness (QED) is 0.780. The lowest BCUT2D eigenvalue weighted by atomic mass is 9.99. The molecule has 1 amide bonds. The van der Waals surface area contributed by atoms with Gasteiger partial charge in [0.05, 0.1) is 0 Å². The number of hydrogen-bond donors (Lipinski definition) is 0. The predicted octanol–water partition coefficient (Wildman–Crippen LogP) is 2.14. The number of aldehydes is 1. The Hall–Kier alpha value is -1.84. The fourth-order valence-corrected chi connectivity index (χ4v) is 2.14. The molecule has 0 bridgehead atoms. The van der Waals surface area contributed by atoms with Crippen LogP contribution in [0.25, 0.3) is 0 Å². The zero-order chi connectivity index (χ0) is 13.7. The number of rotatable bonds is 4. The second-order valence-electron chi connectivity index (χ2n) is 5.04. The number of carbonyl (C=O) groups excluding carboxylic acids is 2. The number of piperidine rings is 1. The van der Waals surface area contributed by atoms with Crippen molar-refractivity contribution < 1.29 is 14.3 Å². The van der Waals surface area contributed by atoms with Gasteiger partial charge in [-0.2, -0.15) is 0 Å². The summed E-state index contributed by atoms with van der Waals surface area (Å²) in [5, 5.41) is 0. The maximum Gasteiger partial charge on any atom is 0.260 e. The lowest BCUT2D eigenvalue weighted by molar-refractivity contribution is -0.134. The fourth-order valence-electron chi connectivity index (χ4n) is 2.14. The van der Waals surface area contributed by atoms with Gasteiger partial charge in [-0.15, -0.1) is 0 Å². The van der Waals surface area contributed by atoms with Crippen molar-refractivity contribution in [1.82, 2.24) is 4.90 Å². The summed E-state index contributed by atoms with van der Waals surface area (Å²) >= 11 is 0. The molecule has 1 aromatic rings. The van der Waals surface area contributed by atoms with E-state index in [2.05, 4.69) is 6.92 Å². The highest BCUT2D eigenvalue weighted by Crippen LogP contribution is 2.16. The number of hydrogen-bond acceptors (Lipinski definition) is 3. The smallest absolute Gasteiger partial charge is 0.260 e. The molecule has 4 nitrogen and oxygen atoms in total. The highest BCUT2D eigenvalue weighted by Gasteiger charge is 2.20. The summed E-state index contributed by atoms with van der Waals surface area (Å²) in [6.45, 7) is 3.93. The number of nitrogens with zero attached hydrogens (tertiary/aromatic N) is 1. The van der Waals surface area contributed by atoms with E-state index in [-0.39, 0.29) is 12.5 Å². The summed E-state index contributed by atoms with van der Waals surface area (Å²) in [4.78, 5) is 24.3. The molecule has 1 aromatic carbocycles. The van der Waals surface area contributed by atoms with Crippen molar-refractivity contribution in [1.29, 1.82) is 0 Å². The van der Waals surface area contributed by atoms with Crippen LogP contribution in [0, 0.1) is 5.92 Å². The first-order valence-corrected chi connectivity index (χ1v) is 6.65. The third-order valence-corrected chi connectivity index (χ3v) is 3.51. The topological polar surface area (TPSA) is 46.6 Å². The minimum absolute atomic E-state index is 0.0337. The Morgan fingerprint density at radius 2 is 1.95 bits per heavy atom. The van der Waals surface area contributed by atoms with E-state index in [0.717, 1.165) is 32.2 Å². The SMILES string of the molecule is CC1CCN(C(=O)COc2ccc(C=O)cc2)CC1. The zero-order valence-corrected chi connectivity index (χ0v) is 11.2. The first kappa shape index (κ1) is 13.6. The van der Waals surface area contributed by atoms with E-state index in [1.54, 1.807) is 24.3 Å². The normalized spacial score (nSPS) is 16.2. The van der Waals surface area contributed by atoms with E-state index in [4.69, 9.17) is 4.74 Å². The summed E-state index contributed by atoms with van der Waals surface area (Å²) in [5.41, 5.74) is 0.601. The first-order chi connectivity index (χ1) is 9.19.